The van der Waals surface area contributed by atoms with Gasteiger partial charge in [0, 0.05) is 19.8 Å². The molecule has 15 heavy (non-hydrogen) atoms. The minimum atomic E-state index is -0.310. The predicted molar refractivity (Wildman–Crippen MR) is 59.8 cm³/mol. The van der Waals surface area contributed by atoms with Crippen LogP contribution in [0.2, 0.25) is 0 Å². The second-order valence-electron chi connectivity index (χ2n) is 4.55. The standard InChI is InChI=1S/C12H24O3/c1-3-10(2)12(13)9-15-8-11-4-6-14-7-5-11/h10-13H,3-9H2,1-2H3. The highest BCUT2D eigenvalue weighted by atomic mass is 16.5. The molecule has 1 fully saturated rings. The summed E-state index contributed by atoms with van der Waals surface area (Å²) in [4.78, 5) is 0. The maximum atomic E-state index is 9.70. The smallest absolute Gasteiger partial charge is 0.0799 e. The first-order valence-corrected chi connectivity index (χ1v) is 6.07. The molecule has 2 unspecified atom stereocenters. The number of aliphatic hydroxyl groups is 1. The number of aliphatic hydroxyl groups excluding tert-OH is 1. The fourth-order valence-electron chi connectivity index (χ4n) is 1.70. The highest BCUT2D eigenvalue weighted by Crippen LogP contribution is 2.15. The first-order chi connectivity index (χ1) is 7.24. The summed E-state index contributed by atoms with van der Waals surface area (Å²) in [6.07, 6.45) is 2.88. The van der Waals surface area contributed by atoms with Crippen molar-refractivity contribution in [3.05, 3.63) is 0 Å². The zero-order valence-corrected chi connectivity index (χ0v) is 9.95. The van der Waals surface area contributed by atoms with Crippen LogP contribution in [0.4, 0.5) is 0 Å². The Balaban J connectivity index is 2.04. The largest absolute Gasteiger partial charge is 0.390 e. The Morgan fingerprint density at radius 1 is 1.40 bits per heavy atom. The van der Waals surface area contributed by atoms with Crippen LogP contribution in [-0.4, -0.2) is 37.6 Å². The molecular formula is C12H24O3. The highest BCUT2D eigenvalue weighted by Gasteiger charge is 2.16. The van der Waals surface area contributed by atoms with Gasteiger partial charge in [0.2, 0.25) is 0 Å². The summed E-state index contributed by atoms with van der Waals surface area (Å²) in [7, 11) is 0. The van der Waals surface area contributed by atoms with E-state index >= 15 is 0 Å². The molecule has 1 aliphatic rings. The third kappa shape index (κ3) is 4.96. The lowest BCUT2D eigenvalue weighted by Gasteiger charge is -2.23. The lowest BCUT2D eigenvalue weighted by Crippen LogP contribution is -2.26. The van der Waals surface area contributed by atoms with Crippen LogP contribution in [0.15, 0.2) is 0 Å². The van der Waals surface area contributed by atoms with Gasteiger partial charge in [-0.3, -0.25) is 0 Å². The van der Waals surface area contributed by atoms with Crippen LogP contribution in [0, 0.1) is 11.8 Å². The Kier molecular flexibility index (Phi) is 6.22. The second-order valence-corrected chi connectivity index (χ2v) is 4.55. The maximum Gasteiger partial charge on any atom is 0.0799 e. The molecule has 0 spiro atoms. The highest BCUT2D eigenvalue weighted by molar-refractivity contribution is 4.65. The van der Waals surface area contributed by atoms with Crippen LogP contribution in [-0.2, 0) is 9.47 Å². The monoisotopic (exact) mass is 216 g/mol. The van der Waals surface area contributed by atoms with Crippen molar-refractivity contribution >= 4 is 0 Å². The average molecular weight is 216 g/mol. The summed E-state index contributed by atoms with van der Waals surface area (Å²) in [5, 5.41) is 9.70. The molecule has 0 aromatic carbocycles. The van der Waals surface area contributed by atoms with E-state index in [0.29, 0.717) is 18.4 Å². The number of hydrogen-bond acceptors (Lipinski definition) is 3. The summed E-state index contributed by atoms with van der Waals surface area (Å²) in [6, 6.07) is 0. The van der Waals surface area contributed by atoms with E-state index in [1.54, 1.807) is 0 Å². The summed E-state index contributed by atoms with van der Waals surface area (Å²) in [6.45, 7) is 7.13. The van der Waals surface area contributed by atoms with Crippen molar-refractivity contribution in [1.82, 2.24) is 0 Å². The molecule has 3 heteroatoms. The molecule has 0 bridgehead atoms. The van der Waals surface area contributed by atoms with E-state index in [1.165, 1.54) is 0 Å². The van der Waals surface area contributed by atoms with E-state index in [0.717, 1.165) is 39.1 Å². The fourth-order valence-corrected chi connectivity index (χ4v) is 1.70. The Morgan fingerprint density at radius 2 is 2.07 bits per heavy atom. The maximum absolute atomic E-state index is 9.70. The van der Waals surface area contributed by atoms with Crippen molar-refractivity contribution in [2.24, 2.45) is 11.8 Å². The molecule has 1 heterocycles. The van der Waals surface area contributed by atoms with Gasteiger partial charge in [-0.15, -0.1) is 0 Å². The minimum Gasteiger partial charge on any atom is -0.390 e. The zero-order chi connectivity index (χ0) is 11.1. The molecule has 2 atom stereocenters. The van der Waals surface area contributed by atoms with Crippen LogP contribution >= 0.6 is 0 Å². The van der Waals surface area contributed by atoms with Gasteiger partial charge in [-0.25, -0.2) is 0 Å². The van der Waals surface area contributed by atoms with Gasteiger partial charge in [-0.2, -0.15) is 0 Å². The van der Waals surface area contributed by atoms with Crippen molar-refractivity contribution in [2.75, 3.05) is 26.4 Å². The van der Waals surface area contributed by atoms with E-state index in [1.807, 2.05) is 0 Å². The lowest BCUT2D eigenvalue weighted by molar-refractivity contribution is -0.0236. The lowest BCUT2D eigenvalue weighted by atomic mass is 10.0. The summed E-state index contributed by atoms with van der Waals surface area (Å²) >= 11 is 0. The van der Waals surface area contributed by atoms with Gasteiger partial charge >= 0.3 is 0 Å². The molecule has 1 N–H and O–H groups in total. The molecule has 0 saturated carbocycles. The van der Waals surface area contributed by atoms with Gasteiger partial charge < -0.3 is 14.6 Å². The molecule has 1 saturated heterocycles. The molecule has 0 aliphatic carbocycles. The number of rotatable bonds is 6. The molecule has 0 amide bonds. The Morgan fingerprint density at radius 3 is 2.67 bits per heavy atom. The molecule has 90 valence electrons. The van der Waals surface area contributed by atoms with Crippen molar-refractivity contribution in [3.8, 4) is 0 Å². The molecule has 0 aromatic heterocycles. The minimum absolute atomic E-state index is 0.310. The second kappa shape index (κ2) is 7.20. The normalized spacial score (nSPS) is 22.6. The van der Waals surface area contributed by atoms with Crippen LogP contribution in [0.3, 0.4) is 0 Å². The van der Waals surface area contributed by atoms with Gasteiger partial charge in [0.15, 0.2) is 0 Å². The molecule has 0 radical (unpaired) electrons. The van der Waals surface area contributed by atoms with E-state index in [2.05, 4.69) is 13.8 Å². The van der Waals surface area contributed by atoms with E-state index in [4.69, 9.17) is 9.47 Å². The summed E-state index contributed by atoms with van der Waals surface area (Å²) in [5.41, 5.74) is 0. The van der Waals surface area contributed by atoms with Gasteiger partial charge in [-0.1, -0.05) is 20.3 Å². The zero-order valence-electron chi connectivity index (χ0n) is 9.95. The number of hydrogen-bond donors (Lipinski definition) is 1. The molecule has 1 rings (SSSR count). The Bertz CT molecular complexity index is 153. The van der Waals surface area contributed by atoms with E-state index in [-0.39, 0.29) is 6.10 Å². The van der Waals surface area contributed by atoms with Crippen LogP contribution in [0.25, 0.3) is 0 Å². The van der Waals surface area contributed by atoms with Gasteiger partial charge in [0.05, 0.1) is 12.7 Å². The third-order valence-electron chi connectivity index (χ3n) is 3.28. The Hall–Kier alpha value is -0.120. The van der Waals surface area contributed by atoms with Crippen molar-refractivity contribution in [3.63, 3.8) is 0 Å². The van der Waals surface area contributed by atoms with Gasteiger partial charge in [0.25, 0.3) is 0 Å². The van der Waals surface area contributed by atoms with Crippen molar-refractivity contribution in [1.29, 1.82) is 0 Å². The topological polar surface area (TPSA) is 38.7 Å². The third-order valence-corrected chi connectivity index (χ3v) is 3.28. The van der Waals surface area contributed by atoms with Crippen LogP contribution in [0.1, 0.15) is 33.1 Å². The first-order valence-electron chi connectivity index (χ1n) is 6.07. The average Bonchev–Trinajstić information content (AvgIpc) is 2.29. The number of ether oxygens (including phenoxy) is 2. The fraction of sp³-hybridized carbons (Fsp3) is 1.00. The van der Waals surface area contributed by atoms with Crippen LogP contribution in [0.5, 0.6) is 0 Å². The van der Waals surface area contributed by atoms with E-state index < -0.39 is 0 Å². The summed E-state index contributed by atoms with van der Waals surface area (Å²) in [5.74, 6) is 0.961. The van der Waals surface area contributed by atoms with E-state index in [9.17, 15) is 5.11 Å². The molecular weight excluding hydrogens is 192 g/mol. The SMILES string of the molecule is CCC(C)C(O)COCC1CCOCC1. The van der Waals surface area contributed by atoms with Crippen molar-refractivity contribution < 1.29 is 14.6 Å². The van der Waals surface area contributed by atoms with Crippen molar-refractivity contribution in [2.45, 2.75) is 39.2 Å². The Labute approximate surface area is 92.8 Å². The van der Waals surface area contributed by atoms with Gasteiger partial charge in [0.1, 0.15) is 0 Å². The molecule has 3 nitrogen and oxygen atoms in total. The first kappa shape index (κ1) is 12.9. The quantitative estimate of drug-likeness (QED) is 0.736. The van der Waals surface area contributed by atoms with Gasteiger partial charge in [-0.05, 0) is 24.7 Å². The van der Waals surface area contributed by atoms with Crippen LogP contribution < -0.4 is 0 Å². The predicted octanol–water partition coefficient (Wildman–Crippen LogP) is 1.84. The molecule has 0 aromatic rings. The summed E-state index contributed by atoms with van der Waals surface area (Å²) < 4.78 is 10.8. The molecule has 1 aliphatic heterocycles.